The second kappa shape index (κ2) is 5.46. The fourth-order valence-corrected chi connectivity index (χ4v) is 1.65. The van der Waals surface area contributed by atoms with E-state index in [9.17, 15) is 4.39 Å². The van der Waals surface area contributed by atoms with E-state index in [1.54, 1.807) is 6.07 Å². The van der Waals surface area contributed by atoms with E-state index < -0.39 is 5.82 Å². The SMILES string of the molecule is CC(CN)Cc1nc(-c2ccc(F)c(Cl)c2)no1. The summed E-state index contributed by atoms with van der Waals surface area (Å²) in [5, 5.41) is 3.87. The molecule has 4 nitrogen and oxygen atoms in total. The van der Waals surface area contributed by atoms with E-state index in [2.05, 4.69) is 10.1 Å². The van der Waals surface area contributed by atoms with Gasteiger partial charge in [-0.2, -0.15) is 4.98 Å². The van der Waals surface area contributed by atoms with E-state index in [1.165, 1.54) is 12.1 Å². The Morgan fingerprint density at radius 3 is 2.94 bits per heavy atom. The molecule has 0 fully saturated rings. The van der Waals surface area contributed by atoms with Crippen molar-refractivity contribution < 1.29 is 8.91 Å². The highest BCUT2D eigenvalue weighted by molar-refractivity contribution is 6.31. The standard InChI is InChI=1S/C12H13ClFN3O/c1-7(6-15)4-11-16-12(17-18-11)8-2-3-10(14)9(13)5-8/h2-3,5,7H,4,6,15H2,1H3. The molecule has 2 aromatic rings. The summed E-state index contributed by atoms with van der Waals surface area (Å²) in [7, 11) is 0. The van der Waals surface area contributed by atoms with Gasteiger partial charge in [0.1, 0.15) is 5.82 Å². The highest BCUT2D eigenvalue weighted by Crippen LogP contribution is 2.23. The fourth-order valence-electron chi connectivity index (χ4n) is 1.47. The van der Waals surface area contributed by atoms with Crippen molar-refractivity contribution in [3.63, 3.8) is 0 Å². The molecule has 0 radical (unpaired) electrons. The van der Waals surface area contributed by atoms with E-state index in [4.69, 9.17) is 21.9 Å². The zero-order valence-corrected chi connectivity index (χ0v) is 10.6. The van der Waals surface area contributed by atoms with Gasteiger partial charge in [-0.1, -0.05) is 23.7 Å². The molecule has 1 atom stereocenters. The number of nitrogens with two attached hydrogens (primary N) is 1. The van der Waals surface area contributed by atoms with Gasteiger partial charge in [-0.15, -0.1) is 0 Å². The third-order valence-electron chi connectivity index (χ3n) is 2.57. The third-order valence-corrected chi connectivity index (χ3v) is 2.86. The van der Waals surface area contributed by atoms with Crippen molar-refractivity contribution in [3.05, 3.63) is 34.9 Å². The molecule has 0 aliphatic heterocycles. The largest absolute Gasteiger partial charge is 0.339 e. The van der Waals surface area contributed by atoms with Crippen LogP contribution >= 0.6 is 11.6 Å². The number of hydrogen-bond donors (Lipinski definition) is 1. The zero-order chi connectivity index (χ0) is 13.1. The lowest BCUT2D eigenvalue weighted by Crippen LogP contribution is -2.13. The Hall–Kier alpha value is -1.46. The minimum absolute atomic E-state index is 0.0363. The first-order valence-electron chi connectivity index (χ1n) is 5.58. The average Bonchev–Trinajstić information content (AvgIpc) is 2.81. The summed E-state index contributed by atoms with van der Waals surface area (Å²) in [6, 6.07) is 4.30. The first-order valence-corrected chi connectivity index (χ1v) is 5.96. The van der Waals surface area contributed by atoms with Gasteiger partial charge in [0.05, 0.1) is 5.02 Å². The van der Waals surface area contributed by atoms with Crippen molar-refractivity contribution in [2.45, 2.75) is 13.3 Å². The number of hydrogen-bond acceptors (Lipinski definition) is 4. The Morgan fingerprint density at radius 2 is 2.28 bits per heavy atom. The minimum Gasteiger partial charge on any atom is -0.339 e. The summed E-state index contributed by atoms with van der Waals surface area (Å²) >= 11 is 5.70. The second-order valence-electron chi connectivity index (χ2n) is 4.19. The van der Waals surface area contributed by atoms with Crippen LogP contribution in [-0.2, 0) is 6.42 Å². The van der Waals surface area contributed by atoms with Gasteiger partial charge in [-0.3, -0.25) is 0 Å². The molecular weight excluding hydrogens is 257 g/mol. The molecule has 96 valence electrons. The van der Waals surface area contributed by atoms with Crippen LogP contribution in [0.25, 0.3) is 11.4 Å². The van der Waals surface area contributed by atoms with Crippen LogP contribution in [0.3, 0.4) is 0 Å². The Morgan fingerprint density at radius 1 is 1.50 bits per heavy atom. The molecule has 0 spiro atoms. The quantitative estimate of drug-likeness (QED) is 0.927. The lowest BCUT2D eigenvalue weighted by molar-refractivity contribution is 0.360. The molecule has 1 unspecified atom stereocenters. The number of nitrogens with zero attached hydrogens (tertiary/aromatic N) is 2. The normalized spacial score (nSPS) is 12.7. The van der Waals surface area contributed by atoms with Crippen LogP contribution in [0.2, 0.25) is 5.02 Å². The third kappa shape index (κ3) is 2.86. The molecule has 0 bridgehead atoms. The van der Waals surface area contributed by atoms with Crippen molar-refractivity contribution in [2.75, 3.05) is 6.54 Å². The zero-order valence-electron chi connectivity index (χ0n) is 9.86. The molecule has 1 aromatic heterocycles. The van der Waals surface area contributed by atoms with Gasteiger partial charge >= 0.3 is 0 Å². The fraction of sp³-hybridized carbons (Fsp3) is 0.333. The molecule has 1 heterocycles. The van der Waals surface area contributed by atoms with Crippen molar-refractivity contribution in [2.24, 2.45) is 11.7 Å². The summed E-state index contributed by atoms with van der Waals surface area (Å²) in [6.45, 7) is 2.55. The van der Waals surface area contributed by atoms with Gasteiger partial charge in [0.25, 0.3) is 0 Å². The lowest BCUT2D eigenvalue weighted by Gasteiger charge is -2.01. The number of rotatable bonds is 4. The summed E-state index contributed by atoms with van der Waals surface area (Å²) in [4.78, 5) is 4.22. The molecule has 6 heteroatoms. The predicted octanol–water partition coefficient (Wildman–Crippen LogP) is 2.67. The van der Waals surface area contributed by atoms with Crippen LogP contribution in [-0.4, -0.2) is 16.7 Å². The molecule has 0 aliphatic rings. The number of halogens is 2. The van der Waals surface area contributed by atoms with E-state index in [0.29, 0.717) is 30.2 Å². The van der Waals surface area contributed by atoms with Crippen LogP contribution in [0.5, 0.6) is 0 Å². The first-order chi connectivity index (χ1) is 8.60. The molecular formula is C12H13ClFN3O. The van der Waals surface area contributed by atoms with Gasteiger partial charge in [-0.25, -0.2) is 4.39 Å². The van der Waals surface area contributed by atoms with Gasteiger partial charge in [0.2, 0.25) is 11.7 Å². The Bertz CT molecular complexity index is 544. The molecule has 2 rings (SSSR count). The summed E-state index contributed by atoms with van der Waals surface area (Å²) < 4.78 is 18.1. The maximum atomic E-state index is 13.0. The van der Waals surface area contributed by atoms with E-state index in [0.717, 1.165) is 0 Å². The van der Waals surface area contributed by atoms with E-state index in [-0.39, 0.29) is 10.9 Å². The van der Waals surface area contributed by atoms with Crippen LogP contribution in [0.4, 0.5) is 4.39 Å². The van der Waals surface area contributed by atoms with E-state index in [1.807, 2.05) is 6.92 Å². The molecule has 0 saturated heterocycles. The Kier molecular flexibility index (Phi) is 3.93. The summed E-state index contributed by atoms with van der Waals surface area (Å²) in [5.41, 5.74) is 6.15. The molecule has 0 aliphatic carbocycles. The van der Waals surface area contributed by atoms with E-state index >= 15 is 0 Å². The lowest BCUT2D eigenvalue weighted by atomic mass is 10.1. The second-order valence-corrected chi connectivity index (χ2v) is 4.59. The maximum Gasteiger partial charge on any atom is 0.227 e. The van der Waals surface area contributed by atoms with Gasteiger partial charge in [0, 0.05) is 12.0 Å². The Labute approximate surface area is 109 Å². The predicted molar refractivity (Wildman–Crippen MR) is 66.6 cm³/mol. The summed E-state index contributed by atoms with van der Waals surface area (Å²) in [6.07, 6.45) is 0.623. The minimum atomic E-state index is -0.471. The summed E-state index contributed by atoms with van der Waals surface area (Å²) in [5.74, 6) is 0.718. The highest BCUT2D eigenvalue weighted by atomic mass is 35.5. The monoisotopic (exact) mass is 269 g/mol. The molecule has 18 heavy (non-hydrogen) atoms. The van der Waals surface area contributed by atoms with Crippen molar-refractivity contribution in [3.8, 4) is 11.4 Å². The van der Waals surface area contributed by atoms with Crippen LogP contribution in [0.1, 0.15) is 12.8 Å². The van der Waals surface area contributed by atoms with Crippen LogP contribution in [0, 0.1) is 11.7 Å². The average molecular weight is 270 g/mol. The van der Waals surface area contributed by atoms with Crippen LogP contribution in [0.15, 0.2) is 22.7 Å². The number of aromatic nitrogens is 2. The van der Waals surface area contributed by atoms with Crippen LogP contribution < -0.4 is 5.73 Å². The smallest absolute Gasteiger partial charge is 0.227 e. The topological polar surface area (TPSA) is 64.9 Å². The molecule has 1 aromatic carbocycles. The van der Waals surface area contributed by atoms with Gasteiger partial charge in [-0.05, 0) is 30.7 Å². The van der Waals surface area contributed by atoms with Crippen molar-refractivity contribution in [1.82, 2.24) is 10.1 Å². The molecule has 0 saturated carbocycles. The molecule has 0 amide bonds. The highest BCUT2D eigenvalue weighted by Gasteiger charge is 2.12. The maximum absolute atomic E-state index is 13.0. The molecule has 2 N–H and O–H groups in total. The number of benzene rings is 1. The van der Waals surface area contributed by atoms with Gasteiger partial charge < -0.3 is 10.3 Å². The Balaban J connectivity index is 2.21. The van der Waals surface area contributed by atoms with Gasteiger partial charge in [0.15, 0.2) is 0 Å². The first kappa shape index (κ1) is 13.0. The van der Waals surface area contributed by atoms with Crippen molar-refractivity contribution >= 4 is 11.6 Å². The van der Waals surface area contributed by atoms with Crippen molar-refractivity contribution in [1.29, 1.82) is 0 Å².